The van der Waals surface area contributed by atoms with E-state index in [0.29, 0.717) is 0 Å². The highest BCUT2D eigenvalue weighted by atomic mass is 16.5. The molecule has 0 aliphatic carbocycles. The van der Waals surface area contributed by atoms with E-state index in [1.165, 1.54) is 56.9 Å². The number of carboxylic acids is 1. The molecule has 3 nitrogen and oxygen atoms in total. The zero-order valence-electron chi connectivity index (χ0n) is 23.5. The quantitative estimate of drug-likeness (QED) is 0.294. The highest BCUT2D eigenvalue weighted by molar-refractivity contribution is 5.73. The summed E-state index contributed by atoms with van der Waals surface area (Å²) in [5.41, 5.74) is 5.41. The summed E-state index contributed by atoms with van der Waals surface area (Å²) >= 11 is 0. The van der Waals surface area contributed by atoms with Crippen molar-refractivity contribution in [2.45, 2.75) is 138 Å². The first-order valence-corrected chi connectivity index (χ1v) is 14.0. The number of ether oxygens (including phenoxy) is 1. The smallest absolute Gasteiger partial charge is 0.307 e. The Bertz CT molecular complexity index is 810. The lowest BCUT2D eigenvalue weighted by Crippen LogP contribution is -2.37. The van der Waals surface area contributed by atoms with Crippen LogP contribution < -0.4 is 4.74 Å². The van der Waals surface area contributed by atoms with Crippen LogP contribution in [0.25, 0.3) is 0 Å². The Kier molecular flexibility index (Phi) is 11.0. The Morgan fingerprint density at radius 2 is 1.44 bits per heavy atom. The van der Waals surface area contributed by atoms with E-state index >= 15 is 0 Å². The van der Waals surface area contributed by atoms with Crippen LogP contribution in [0.3, 0.4) is 0 Å². The molecule has 0 saturated carbocycles. The molecule has 3 unspecified atom stereocenters. The summed E-state index contributed by atoms with van der Waals surface area (Å²) in [6.07, 6.45) is 13.9. The summed E-state index contributed by atoms with van der Waals surface area (Å²) in [6, 6.07) is 0. The van der Waals surface area contributed by atoms with E-state index in [4.69, 9.17) is 4.74 Å². The van der Waals surface area contributed by atoms with E-state index in [1.54, 1.807) is 0 Å². The minimum Gasteiger partial charge on any atom is -0.487 e. The molecule has 1 aliphatic rings. The second-order valence-corrected chi connectivity index (χ2v) is 12.1. The van der Waals surface area contributed by atoms with Crippen LogP contribution in [0.2, 0.25) is 0 Å². The van der Waals surface area contributed by atoms with Crippen LogP contribution >= 0.6 is 0 Å². The molecule has 1 aliphatic heterocycles. The van der Waals surface area contributed by atoms with Gasteiger partial charge < -0.3 is 9.84 Å². The molecule has 0 fully saturated rings. The van der Waals surface area contributed by atoms with Crippen molar-refractivity contribution in [2.75, 3.05) is 0 Å². The molecule has 1 aromatic carbocycles. The third-order valence-electron chi connectivity index (χ3n) is 8.39. The van der Waals surface area contributed by atoms with Gasteiger partial charge >= 0.3 is 5.97 Å². The van der Waals surface area contributed by atoms with Gasteiger partial charge in [0.1, 0.15) is 11.4 Å². The Balaban J connectivity index is 1.82. The number of carbonyl (C=O) groups is 1. The predicted molar refractivity (Wildman–Crippen MR) is 144 cm³/mol. The lowest BCUT2D eigenvalue weighted by atomic mass is 9.82. The van der Waals surface area contributed by atoms with E-state index < -0.39 is 5.97 Å². The minimum absolute atomic E-state index is 0.0949. The molecule has 3 heteroatoms. The lowest BCUT2D eigenvalue weighted by Gasteiger charge is -2.38. The molecule has 0 radical (unpaired) electrons. The number of hydrogen-bond acceptors (Lipinski definition) is 2. The monoisotopic (exact) mass is 472 g/mol. The van der Waals surface area contributed by atoms with Crippen molar-refractivity contribution in [1.82, 2.24) is 0 Å². The first kappa shape index (κ1) is 28.7. The van der Waals surface area contributed by atoms with Crippen LogP contribution in [-0.2, 0) is 17.6 Å². The number of fused-ring (bicyclic) bond motifs is 1. The number of carboxylic acid groups (broad SMARTS) is 1. The predicted octanol–water partition coefficient (Wildman–Crippen LogP) is 8.76. The third kappa shape index (κ3) is 8.31. The molecule has 34 heavy (non-hydrogen) atoms. The summed E-state index contributed by atoms with van der Waals surface area (Å²) < 4.78 is 6.67. The molecule has 0 bridgehead atoms. The molecule has 1 heterocycles. The van der Waals surface area contributed by atoms with Gasteiger partial charge in [-0.05, 0) is 98.9 Å². The van der Waals surface area contributed by atoms with Crippen molar-refractivity contribution < 1.29 is 14.6 Å². The van der Waals surface area contributed by atoms with E-state index in [2.05, 4.69) is 48.5 Å². The van der Waals surface area contributed by atoms with E-state index in [-0.39, 0.29) is 12.0 Å². The molecule has 0 aromatic heterocycles. The summed E-state index contributed by atoms with van der Waals surface area (Å²) in [7, 11) is 0. The highest BCUT2D eigenvalue weighted by Crippen LogP contribution is 2.42. The Morgan fingerprint density at radius 3 is 2.00 bits per heavy atom. The van der Waals surface area contributed by atoms with Gasteiger partial charge in [0.05, 0.1) is 6.42 Å². The maximum Gasteiger partial charge on any atom is 0.307 e. The number of benzene rings is 1. The fourth-order valence-corrected chi connectivity index (χ4v) is 5.78. The molecule has 194 valence electrons. The topological polar surface area (TPSA) is 46.5 Å². The maximum atomic E-state index is 11.4. The summed E-state index contributed by atoms with van der Waals surface area (Å²) in [6.45, 7) is 18.0. The SMILES string of the molecule is Cc1c(C)c2c(c(C)c1CC(=O)O)CCC(C)(CCCC(C)CCCC(C)CCCC(C)C)O2. The molecule has 2 rings (SSSR count). The second-order valence-electron chi connectivity index (χ2n) is 12.1. The van der Waals surface area contributed by atoms with Crippen LogP contribution in [0.15, 0.2) is 0 Å². The largest absolute Gasteiger partial charge is 0.487 e. The number of hydrogen-bond donors (Lipinski definition) is 1. The minimum atomic E-state index is -0.762. The van der Waals surface area contributed by atoms with E-state index in [1.807, 2.05) is 6.92 Å². The van der Waals surface area contributed by atoms with E-state index in [0.717, 1.165) is 65.0 Å². The van der Waals surface area contributed by atoms with Crippen LogP contribution in [0.5, 0.6) is 5.75 Å². The number of aliphatic carboxylic acids is 1. The molecule has 0 saturated heterocycles. The van der Waals surface area contributed by atoms with Crippen molar-refractivity contribution in [1.29, 1.82) is 0 Å². The van der Waals surface area contributed by atoms with Crippen LogP contribution in [-0.4, -0.2) is 16.7 Å². The number of rotatable bonds is 14. The molecular weight excluding hydrogens is 420 g/mol. The average Bonchev–Trinajstić information content (AvgIpc) is 2.74. The van der Waals surface area contributed by atoms with Gasteiger partial charge in [0, 0.05) is 0 Å². The standard InChI is InChI=1S/C31H52O3/c1-21(2)12-9-13-22(3)14-10-15-23(4)16-11-18-31(8)19-17-27-26(7)28(20-29(32)33)24(5)25(6)30(27)34-31/h21-23H,9-20H2,1-8H3,(H,32,33). The first-order chi connectivity index (χ1) is 15.9. The van der Waals surface area contributed by atoms with Gasteiger partial charge in [-0.3, -0.25) is 4.79 Å². The van der Waals surface area contributed by atoms with Crippen LogP contribution in [0.1, 0.15) is 127 Å². The van der Waals surface area contributed by atoms with Crippen LogP contribution in [0.4, 0.5) is 0 Å². The van der Waals surface area contributed by atoms with Crippen molar-refractivity contribution in [3.63, 3.8) is 0 Å². The van der Waals surface area contributed by atoms with E-state index in [9.17, 15) is 9.90 Å². The first-order valence-electron chi connectivity index (χ1n) is 14.0. The summed E-state index contributed by atoms with van der Waals surface area (Å²) in [5, 5.41) is 9.34. The lowest BCUT2D eigenvalue weighted by molar-refractivity contribution is -0.136. The maximum absolute atomic E-state index is 11.4. The third-order valence-corrected chi connectivity index (χ3v) is 8.39. The van der Waals surface area contributed by atoms with Crippen LogP contribution in [0, 0.1) is 38.5 Å². The Labute approximate surface area is 210 Å². The van der Waals surface area contributed by atoms with Gasteiger partial charge in [0.2, 0.25) is 0 Å². The average molecular weight is 473 g/mol. The Morgan fingerprint density at radius 1 is 0.882 bits per heavy atom. The van der Waals surface area contributed by atoms with Gasteiger partial charge in [-0.15, -0.1) is 0 Å². The summed E-state index contributed by atoms with van der Waals surface area (Å²) in [4.78, 5) is 11.4. The fourth-order valence-electron chi connectivity index (χ4n) is 5.78. The molecular formula is C31H52O3. The van der Waals surface area contributed by atoms with Crippen molar-refractivity contribution >= 4 is 5.97 Å². The van der Waals surface area contributed by atoms with Gasteiger partial charge in [0.25, 0.3) is 0 Å². The zero-order chi connectivity index (χ0) is 25.5. The fraction of sp³-hybridized carbons (Fsp3) is 0.774. The Hall–Kier alpha value is -1.51. The molecule has 0 amide bonds. The normalized spacial score (nSPS) is 19.6. The highest BCUT2D eigenvalue weighted by Gasteiger charge is 2.34. The second kappa shape index (κ2) is 13.0. The molecule has 1 N–H and O–H groups in total. The molecule has 0 spiro atoms. The molecule has 1 aromatic rings. The summed E-state index contributed by atoms with van der Waals surface area (Å²) in [5.74, 6) is 2.75. The van der Waals surface area contributed by atoms with Crippen molar-refractivity contribution in [3.8, 4) is 5.75 Å². The van der Waals surface area contributed by atoms with Gasteiger partial charge in [0.15, 0.2) is 0 Å². The van der Waals surface area contributed by atoms with Crippen molar-refractivity contribution in [3.05, 3.63) is 27.8 Å². The van der Waals surface area contributed by atoms with Gasteiger partial charge in [-0.25, -0.2) is 0 Å². The van der Waals surface area contributed by atoms with Gasteiger partial charge in [-0.2, -0.15) is 0 Å². The van der Waals surface area contributed by atoms with Gasteiger partial charge in [-0.1, -0.05) is 72.6 Å². The van der Waals surface area contributed by atoms with Crippen molar-refractivity contribution in [2.24, 2.45) is 17.8 Å². The zero-order valence-corrected chi connectivity index (χ0v) is 23.5. The molecule has 3 atom stereocenters.